The van der Waals surface area contributed by atoms with Crippen molar-refractivity contribution in [2.45, 2.75) is 60.1 Å². The van der Waals surface area contributed by atoms with Crippen LogP contribution in [-0.2, 0) is 12.6 Å². The number of benzene rings is 1. The SMILES string of the molecule is CC.CC(C)Cc1cccc(C(F)(F)F)c1.CCCC#N. The molecule has 0 bridgehead atoms. The lowest BCUT2D eigenvalue weighted by Crippen LogP contribution is -2.05. The van der Waals surface area contributed by atoms with Crippen LogP contribution in [0.25, 0.3) is 0 Å². The maximum absolute atomic E-state index is 12.3. The van der Waals surface area contributed by atoms with E-state index >= 15 is 0 Å². The maximum atomic E-state index is 12.3. The van der Waals surface area contributed by atoms with Crippen molar-refractivity contribution in [2.24, 2.45) is 5.92 Å². The van der Waals surface area contributed by atoms with Crippen molar-refractivity contribution >= 4 is 0 Å². The van der Waals surface area contributed by atoms with Crippen LogP contribution < -0.4 is 0 Å². The smallest absolute Gasteiger partial charge is 0.198 e. The minimum atomic E-state index is -4.23. The lowest BCUT2D eigenvalue weighted by atomic mass is 10.0. The monoisotopic (exact) mass is 301 g/mol. The highest BCUT2D eigenvalue weighted by molar-refractivity contribution is 5.25. The van der Waals surface area contributed by atoms with Gasteiger partial charge in [-0.2, -0.15) is 18.4 Å². The van der Waals surface area contributed by atoms with Crippen molar-refractivity contribution < 1.29 is 13.2 Å². The molecule has 1 rings (SSSR count). The number of rotatable bonds is 3. The van der Waals surface area contributed by atoms with Gasteiger partial charge in [-0.1, -0.05) is 52.8 Å². The Balaban J connectivity index is 0. The van der Waals surface area contributed by atoms with Crippen molar-refractivity contribution in [1.82, 2.24) is 0 Å². The van der Waals surface area contributed by atoms with E-state index in [1.54, 1.807) is 6.07 Å². The summed E-state index contributed by atoms with van der Waals surface area (Å²) in [5.41, 5.74) is 0.186. The largest absolute Gasteiger partial charge is 0.416 e. The molecule has 0 N–H and O–H groups in total. The number of nitriles is 1. The number of halogens is 3. The van der Waals surface area contributed by atoms with Crippen LogP contribution in [0, 0.1) is 17.2 Å². The summed E-state index contributed by atoms with van der Waals surface area (Å²) in [5.74, 6) is 0.374. The third-order valence-electron chi connectivity index (χ3n) is 2.26. The minimum Gasteiger partial charge on any atom is -0.198 e. The number of hydrogen-bond donors (Lipinski definition) is 0. The summed E-state index contributed by atoms with van der Waals surface area (Å²) < 4.78 is 36.9. The topological polar surface area (TPSA) is 23.8 Å². The first-order chi connectivity index (χ1) is 9.81. The number of unbranched alkanes of at least 4 members (excludes halogenated alkanes) is 1. The normalized spacial score (nSPS) is 9.90. The Hall–Kier alpha value is -1.50. The molecule has 0 amide bonds. The summed E-state index contributed by atoms with van der Waals surface area (Å²) >= 11 is 0. The van der Waals surface area contributed by atoms with Gasteiger partial charge in [-0.3, -0.25) is 0 Å². The Morgan fingerprint density at radius 1 is 1.19 bits per heavy atom. The summed E-state index contributed by atoms with van der Waals surface area (Å²) in [6, 6.07) is 7.53. The van der Waals surface area contributed by atoms with Crippen molar-refractivity contribution in [3.8, 4) is 6.07 Å². The summed E-state index contributed by atoms with van der Waals surface area (Å²) in [7, 11) is 0. The van der Waals surface area contributed by atoms with Crippen LogP contribution in [0.5, 0.6) is 0 Å². The molecular formula is C17H26F3N. The van der Waals surface area contributed by atoms with E-state index in [9.17, 15) is 13.2 Å². The molecule has 0 unspecified atom stereocenters. The van der Waals surface area contributed by atoms with Gasteiger partial charge in [0.25, 0.3) is 0 Å². The van der Waals surface area contributed by atoms with Gasteiger partial charge in [0, 0.05) is 6.42 Å². The highest BCUT2D eigenvalue weighted by Gasteiger charge is 2.30. The minimum absolute atomic E-state index is 0.374. The molecule has 0 heterocycles. The second-order valence-electron chi connectivity index (χ2n) is 4.70. The summed E-state index contributed by atoms with van der Waals surface area (Å²) in [5, 5.41) is 7.82. The van der Waals surface area contributed by atoms with Crippen LogP contribution in [0.2, 0.25) is 0 Å². The third kappa shape index (κ3) is 12.0. The Morgan fingerprint density at radius 2 is 1.76 bits per heavy atom. The summed E-state index contributed by atoms with van der Waals surface area (Å²) in [4.78, 5) is 0. The van der Waals surface area contributed by atoms with Crippen LogP contribution in [0.4, 0.5) is 13.2 Å². The first-order valence-corrected chi connectivity index (χ1v) is 7.34. The van der Waals surface area contributed by atoms with Crippen molar-refractivity contribution in [3.05, 3.63) is 35.4 Å². The van der Waals surface area contributed by atoms with E-state index in [4.69, 9.17) is 5.26 Å². The predicted octanol–water partition coefficient (Wildman–Crippen LogP) is 6.24. The van der Waals surface area contributed by atoms with E-state index in [1.165, 1.54) is 12.1 Å². The van der Waals surface area contributed by atoms with Gasteiger partial charge in [0.15, 0.2) is 0 Å². The van der Waals surface area contributed by atoms with E-state index in [2.05, 4.69) is 0 Å². The molecule has 0 aliphatic carbocycles. The van der Waals surface area contributed by atoms with E-state index in [0.717, 1.165) is 18.1 Å². The summed E-state index contributed by atoms with van der Waals surface area (Å²) in [6.07, 6.45) is -1.87. The first kappa shape index (κ1) is 21.8. The van der Waals surface area contributed by atoms with Crippen molar-refractivity contribution in [2.75, 3.05) is 0 Å². The van der Waals surface area contributed by atoms with Gasteiger partial charge in [0.2, 0.25) is 0 Å². The quantitative estimate of drug-likeness (QED) is 0.648. The molecule has 0 saturated heterocycles. The van der Waals surface area contributed by atoms with Crippen LogP contribution >= 0.6 is 0 Å². The van der Waals surface area contributed by atoms with Gasteiger partial charge >= 0.3 is 6.18 Å². The van der Waals surface area contributed by atoms with Crippen LogP contribution in [0.1, 0.15) is 58.6 Å². The molecule has 4 heteroatoms. The van der Waals surface area contributed by atoms with E-state index in [-0.39, 0.29) is 0 Å². The lowest BCUT2D eigenvalue weighted by Gasteiger charge is -2.09. The fraction of sp³-hybridized carbons (Fsp3) is 0.588. The molecule has 120 valence electrons. The third-order valence-corrected chi connectivity index (χ3v) is 2.26. The van der Waals surface area contributed by atoms with E-state index in [0.29, 0.717) is 18.8 Å². The average Bonchev–Trinajstić information content (AvgIpc) is 2.41. The van der Waals surface area contributed by atoms with Crippen LogP contribution in [-0.4, -0.2) is 0 Å². The lowest BCUT2D eigenvalue weighted by molar-refractivity contribution is -0.137. The highest BCUT2D eigenvalue weighted by Crippen LogP contribution is 2.29. The van der Waals surface area contributed by atoms with Gasteiger partial charge in [-0.25, -0.2) is 0 Å². The number of hydrogen-bond acceptors (Lipinski definition) is 1. The maximum Gasteiger partial charge on any atom is 0.416 e. The van der Waals surface area contributed by atoms with E-state index in [1.807, 2.05) is 40.7 Å². The molecule has 1 aromatic carbocycles. The second kappa shape index (κ2) is 12.3. The molecule has 0 saturated carbocycles. The molecule has 0 fully saturated rings. The zero-order valence-electron chi connectivity index (χ0n) is 13.6. The number of alkyl halides is 3. The zero-order valence-corrected chi connectivity index (χ0v) is 13.6. The average molecular weight is 301 g/mol. The number of nitrogens with zero attached hydrogens (tertiary/aromatic N) is 1. The van der Waals surface area contributed by atoms with Crippen LogP contribution in [0.15, 0.2) is 24.3 Å². The van der Waals surface area contributed by atoms with Gasteiger partial charge in [0.1, 0.15) is 0 Å². The Bertz CT molecular complexity index is 403. The molecule has 0 aromatic heterocycles. The fourth-order valence-corrected chi connectivity index (χ4v) is 1.46. The van der Waals surface area contributed by atoms with Gasteiger partial charge in [0.05, 0.1) is 11.6 Å². The molecular weight excluding hydrogens is 275 g/mol. The molecule has 0 radical (unpaired) electrons. The Morgan fingerprint density at radius 3 is 2.10 bits per heavy atom. The molecule has 0 spiro atoms. The standard InChI is InChI=1S/C11H13F3.C4H7N.C2H6/c1-8(2)6-9-4-3-5-10(7-9)11(12,13)14;1-2-3-4-5;1-2/h3-5,7-8H,6H2,1-2H3;2-3H2,1H3;1-2H3. The molecule has 1 nitrogen and oxygen atoms in total. The van der Waals surface area contributed by atoms with Crippen molar-refractivity contribution in [3.63, 3.8) is 0 Å². The van der Waals surface area contributed by atoms with Gasteiger partial charge in [-0.05, 0) is 30.4 Å². The first-order valence-electron chi connectivity index (χ1n) is 7.34. The fourth-order valence-electron chi connectivity index (χ4n) is 1.46. The van der Waals surface area contributed by atoms with Crippen molar-refractivity contribution in [1.29, 1.82) is 5.26 Å². The molecule has 21 heavy (non-hydrogen) atoms. The Labute approximate surface area is 126 Å². The molecule has 1 aromatic rings. The second-order valence-corrected chi connectivity index (χ2v) is 4.70. The van der Waals surface area contributed by atoms with E-state index < -0.39 is 11.7 Å². The molecule has 0 atom stereocenters. The molecule has 0 aliphatic heterocycles. The van der Waals surface area contributed by atoms with Gasteiger partial charge < -0.3 is 0 Å². The molecule has 0 aliphatic rings. The van der Waals surface area contributed by atoms with Gasteiger partial charge in [-0.15, -0.1) is 0 Å². The highest BCUT2D eigenvalue weighted by atomic mass is 19.4. The van der Waals surface area contributed by atoms with Crippen LogP contribution in [0.3, 0.4) is 0 Å². The zero-order chi connectivity index (χ0) is 16.9. The predicted molar refractivity (Wildman–Crippen MR) is 81.9 cm³/mol. The summed E-state index contributed by atoms with van der Waals surface area (Å²) in [6.45, 7) is 9.96. The Kier molecular flexibility index (Phi) is 12.7.